The molecule has 0 saturated heterocycles. The summed E-state index contributed by atoms with van der Waals surface area (Å²) in [5.41, 5.74) is 2.64. The van der Waals surface area contributed by atoms with E-state index in [9.17, 15) is 0 Å². The lowest BCUT2D eigenvalue weighted by Gasteiger charge is -2.11. The summed E-state index contributed by atoms with van der Waals surface area (Å²) in [7, 11) is 3.53. The summed E-state index contributed by atoms with van der Waals surface area (Å²) in [6.45, 7) is 6.57. The molecule has 18 heavy (non-hydrogen) atoms. The van der Waals surface area contributed by atoms with Crippen molar-refractivity contribution in [2.45, 2.75) is 36.6 Å². The van der Waals surface area contributed by atoms with Gasteiger partial charge in [-0.1, -0.05) is 48.9 Å². The molecule has 0 aliphatic carbocycles. The number of aromatic nitrogens is 1. The number of hydrogen-bond acceptors (Lipinski definition) is 3. The van der Waals surface area contributed by atoms with Gasteiger partial charge in [-0.3, -0.25) is 0 Å². The van der Waals surface area contributed by atoms with E-state index in [2.05, 4.69) is 56.1 Å². The Balaban J connectivity index is 2.14. The van der Waals surface area contributed by atoms with E-state index in [4.69, 9.17) is 0 Å². The van der Waals surface area contributed by atoms with E-state index in [1.54, 1.807) is 21.6 Å². The summed E-state index contributed by atoms with van der Waals surface area (Å²) in [5, 5.41) is 1.10. The normalized spacial score (nSPS) is 10.9. The fraction of sp³-hybridized carbons (Fsp3) is 0.267. The summed E-state index contributed by atoms with van der Waals surface area (Å²) >= 11 is 0. The summed E-state index contributed by atoms with van der Waals surface area (Å²) < 4.78 is 0. The van der Waals surface area contributed by atoms with E-state index in [-0.39, 0.29) is 0 Å². The second-order valence-electron chi connectivity index (χ2n) is 4.48. The fourth-order valence-electron chi connectivity index (χ4n) is 1.68. The minimum absolute atomic E-state index is 0.555. The minimum Gasteiger partial charge on any atom is -0.249 e. The Morgan fingerprint density at radius 2 is 1.78 bits per heavy atom. The highest BCUT2D eigenvalue weighted by Gasteiger charge is 2.08. The first-order valence-electron chi connectivity index (χ1n) is 6.03. The molecule has 1 aromatic heterocycles. The molecule has 0 N–H and O–H groups in total. The molecule has 0 saturated carbocycles. The van der Waals surface area contributed by atoms with Crippen molar-refractivity contribution >= 4 is 21.6 Å². The zero-order chi connectivity index (χ0) is 13.0. The van der Waals surface area contributed by atoms with Crippen LogP contribution in [0.2, 0.25) is 0 Å². The van der Waals surface area contributed by atoms with Crippen molar-refractivity contribution in [3.05, 3.63) is 53.7 Å². The van der Waals surface area contributed by atoms with Crippen molar-refractivity contribution in [2.24, 2.45) is 0 Å². The standard InChI is InChI=1S/C15H17NS2/c1-11(2)13-8-4-5-9-14(13)17-18-15-12(3)7-6-10-16-15/h4-11H,1-3H3. The van der Waals surface area contributed by atoms with E-state index in [0.29, 0.717) is 5.92 Å². The second kappa shape index (κ2) is 6.30. The smallest absolute Gasteiger partial charge is 0.110 e. The van der Waals surface area contributed by atoms with Crippen LogP contribution in [0.25, 0.3) is 0 Å². The molecule has 0 fully saturated rings. The van der Waals surface area contributed by atoms with Gasteiger partial charge < -0.3 is 0 Å². The molecule has 0 radical (unpaired) electrons. The minimum atomic E-state index is 0.555. The maximum absolute atomic E-state index is 4.41. The van der Waals surface area contributed by atoms with Gasteiger partial charge in [0.1, 0.15) is 5.03 Å². The van der Waals surface area contributed by atoms with Gasteiger partial charge in [0.2, 0.25) is 0 Å². The van der Waals surface area contributed by atoms with E-state index in [0.717, 1.165) is 5.03 Å². The number of nitrogens with zero attached hydrogens (tertiary/aromatic N) is 1. The van der Waals surface area contributed by atoms with Gasteiger partial charge in [0.25, 0.3) is 0 Å². The third kappa shape index (κ3) is 3.30. The maximum Gasteiger partial charge on any atom is 0.110 e. The molecule has 0 atom stereocenters. The Morgan fingerprint density at radius 1 is 1.00 bits per heavy atom. The van der Waals surface area contributed by atoms with Gasteiger partial charge in [-0.15, -0.1) is 0 Å². The molecular formula is C15H17NS2. The van der Waals surface area contributed by atoms with Crippen LogP contribution in [0.5, 0.6) is 0 Å². The Bertz CT molecular complexity index is 523. The zero-order valence-electron chi connectivity index (χ0n) is 10.9. The molecule has 2 rings (SSSR count). The van der Waals surface area contributed by atoms with Crippen molar-refractivity contribution in [1.82, 2.24) is 4.98 Å². The van der Waals surface area contributed by atoms with Gasteiger partial charge in [-0.25, -0.2) is 4.98 Å². The topological polar surface area (TPSA) is 12.9 Å². The maximum atomic E-state index is 4.41. The van der Waals surface area contributed by atoms with Crippen LogP contribution in [0.1, 0.15) is 30.9 Å². The first-order chi connectivity index (χ1) is 8.68. The predicted octanol–water partition coefficient (Wildman–Crippen LogP) is 5.31. The summed E-state index contributed by atoms with van der Waals surface area (Å²) in [6.07, 6.45) is 1.85. The Morgan fingerprint density at radius 3 is 2.50 bits per heavy atom. The van der Waals surface area contributed by atoms with Crippen LogP contribution in [0, 0.1) is 6.92 Å². The molecule has 2 aromatic rings. The Labute approximate surface area is 117 Å². The van der Waals surface area contributed by atoms with Crippen LogP contribution in [0.15, 0.2) is 52.5 Å². The van der Waals surface area contributed by atoms with E-state index >= 15 is 0 Å². The average molecular weight is 275 g/mol. The summed E-state index contributed by atoms with van der Waals surface area (Å²) in [6, 6.07) is 12.7. The van der Waals surface area contributed by atoms with Gasteiger partial charge >= 0.3 is 0 Å². The molecular weight excluding hydrogens is 258 g/mol. The van der Waals surface area contributed by atoms with Crippen molar-refractivity contribution in [3.8, 4) is 0 Å². The van der Waals surface area contributed by atoms with Crippen molar-refractivity contribution in [3.63, 3.8) is 0 Å². The lowest BCUT2D eigenvalue weighted by atomic mass is 10.0. The van der Waals surface area contributed by atoms with E-state index in [1.807, 2.05) is 12.3 Å². The van der Waals surface area contributed by atoms with Crippen LogP contribution in [0.4, 0.5) is 0 Å². The molecule has 3 heteroatoms. The molecule has 94 valence electrons. The number of aryl methyl sites for hydroxylation is 1. The summed E-state index contributed by atoms with van der Waals surface area (Å²) in [4.78, 5) is 5.75. The van der Waals surface area contributed by atoms with Gasteiger partial charge in [-0.05, 0) is 46.9 Å². The number of rotatable bonds is 4. The highest BCUT2D eigenvalue weighted by Crippen LogP contribution is 2.40. The predicted molar refractivity (Wildman–Crippen MR) is 81.2 cm³/mol. The molecule has 0 aliphatic heterocycles. The largest absolute Gasteiger partial charge is 0.249 e. The van der Waals surface area contributed by atoms with Crippen LogP contribution < -0.4 is 0 Å². The van der Waals surface area contributed by atoms with Crippen LogP contribution >= 0.6 is 21.6 Å². The Hall–Kier alpha value is -0.930. The third-order valence-electron chi connectivity index (χ3n) is 2.71. The molecule has 0 bridgehead atoms. The molecule has 0 spiro atoms. The SMILES string of the molecule is Cc1cccnc1SSc1ccccc1C(C)C. The first kappa shape index (κ1) is 13.5. The summed E-state index contributed by atoms with van der Waals surface area (Å²) in [5.74, 6) is 0.555. The average Bonchev–Trinajstić information content (AvgIpc) is 2.38. The highest BCUT2D eigenvalue weighted by molar-refractivity contribution is 8.76. The molecule has 0 unspecified atom stereocenters. The van der Waals surface area contributed by atoms with Crippen LogP contribution in [0.3, 0.4) is 0 Å². The van der Waals surface area contributed by atoms with Gasteiger partial charge in [0.05, 0.1) is 0 Å². The van der Waals surface area contributed by atoms with Gasteiger partial charge in [-0.2, -0.15) is 0 Å². The van der Waals surface area contributed by atoms with Crippen molar-refractivity contribution in [1.29, 1.82) is 0 Å². The van der Waals surface area contributed by atoms with Crippen molar-refractivity contribution in [2.75, 3.05) is 0 Å². The van der Waals surface area contributed by atoms with Gasteiger partial charge in [0, 0.05) is 11.1 Å². The Kier molecular flexibility index (Phi) is 4.72. The fourth-order valence-corrected chi connectivity index (χ4v) is 4.17. The zero-order valence-corrected chi connectivity index (χ0v) is 12.5. The quantitative estimate of drug-likeness (QED) is 0.702. The van der Waals surface area contributed by atoms with Crippen LogP contribution in [-0.2, 0) is 0 Å². The highest BCUT2D eigenvalue weighted by atomic mass is 33.1. The molecule has 0 aliphatic rings. The monoisotopic (exact) mass is 275 g/mol. The molecule has 1 nitrogen and oxygen atoms in total. The van der Waals surface area contributed by atoms with Crippen molar-refractivity contribution < 1.29 is 0 Å². The lowest BCUT2D eigenvalue weighted by molar-refractivity contribution is 0.843. The van der Waals surface area contributed by atoms with Gasteiger partial charge in [0.15, 0.2) is 0 Å². The number of hydrogen-bond donors (Lipinski definition) is 0. The number of benzene rings is 1. The molecule has 0 amide bonds. The second-order valence-corrected chi connectivity index (χ2v) is 6.64. The third-order valence-corrected chi connectivity index (χ3v) is 5.20. The van der Waals surface area contributed by atoms with E-state index in [1.165, 1.54) is 16.0 Å². The van der Waals surface area contributed by atoms with Crippen LogP contribution in [-0.4, -0.2) is 4.98 Å². The van der Waals surface area contributed by atoms with E-state index < -0.39 is 0 Å². The molecule has 1 heterocycles. The lowest BCUT2D eigenvalue weighted by Crippen LogP contribution is -1.89. The first-order valence-corrected chi connectivity index (χ1v) is 8.18. The molecule has 1 aromatic carbocycles. The number of pyridine rings is 1.